The van der Waals surface area contributed by atoms with Gasteiger partial charge in [0.15, 0.2) is 0 Å². The van der Waals surface area contributed by atoms with Gasteiger partial charge < -0.3 is 10.5 Å². The van der Waals surface area contributed by atoms with E-state index in [4.69, 9.17) is 22.1 Å². The van der Waals surface area contributed by atoms with Crippen molar-refractivity contribution in [2.75, 3.05) is 12.3 Å². The summed E-state index contributed by atoms with van der Waals surface area (Å²) in [6, 6.07) is 5.76. The average molecular weight is 276 g/mol. The van der Waals surface area contributed by atoms with Crippen molar-refractivity contribution in [3.8, 4) is 16.9 Å². The second kappa shape index (κ2) is 5.71. The lowest BCUT2D eigenvalue weighted by Gasteiger charge is -2.11. The number of rotatable bonds is 4. The first-order valence-corrected chi connectivity index (χ1v) is 6.12. The van der Waals surface area contributed by atoms with Crippen LogP contribution in [0.4, 0.5) is 5.82 Å². The Kier molecular flexibility index (Phi) is 4.02. The van der Waals surface area contributed by atoms with E-state index in [9.17, 15) is 0 Å². The monoisotopic (exact) mass is 275 g/mol. The lowest BCUT2D eigenvalue weighted by molar-refractivity contribution is 0.363. The van der Waals surface area contributed by atoms with Crippen LogP contribution in [0, 0.1) is 6.92 Å². The van der Waals surface area contributed by atoms with Crippen molar-refractivity contribution in [2.24, 2.45) is 0 Å². The van der Waals surface area contributed by atoms with Crippen LogP contribution in [-0.2, 0) is 0 Å². The van der Waals surface area contributed by atoms with E-state index in [0.29, 0.717) is 12.4 Å². The average Bonchev–Trinajstić information content (AvgIpc) is 2.38. The van der Waals surface area contributed by atoms with Gasteiger partial charge in [0.2, 0.25) is 5.28 Å². The molecule has 0 saturated heterocycles. The fraction of sp³-hybridized carbons (Fsp3) is 0.143. The molecule has 0 aliphatic carbocycles. The topological polar surface area (TPSA) is 61.0 Å². The SMILES string of the molecule is C=CCOc1ccc(C)c(-c2cnc(Cl)nc2N)c1. The van der Waals surface area contributed by atoms with Crippen LogP contribution in [-0.4, -0.2) is 16.6 Å². The number of halogens is 1. The molecule has 2 N–H and O–H groups in total. The number of nitrogens with two attached hydrogens (primary N) is 1. The Morgan fingerprint density at radius 1 is 1.42 bits per heavy atom. The summed E-state index contributed by atoms with van der Waals surface area (Å²) in [6.45, 7) is 6.06. The normalized spacial score (nSPS) is 10.2. The third-order valence-electron chi connectivity index (χ3n) is 2.66. The summed E-state index contributed by atoms with van der Waals surface area (Å²) in [5.41, 5.74) is 8.61. The third kappa shape index (κ3) is 3.03. The van der Waals surface area contributed by atoms with Crippen LogP contribution in [0.15, 0.2) is 37.1 Å². The number of anilines is 1. The van der Waals surface area contributed by atoms with E-state index < -0.39 is 0 Å². The molecule has 4 nitrogen and oxygen atoms in total. The molecule has 19 heavy (non-hydrogen) atoms. The zero-order valence-electron chi connectivity index (χ0n) is 10.6. The number of hydrogen-bond donors (Lipinski definition) is 1. The minimum absolute atomic E-state index is 0.137. The quantitative estimate of drug-likeness (QED) is 0.687. The van der Waals surface area contributed by atoms with Crippen molar-refractivity contribution < 1.29 is 4.74 Å². The van der Waals surface area contributed by atoms with Crippen LogP contribution in [0.2, 0.25) is 5.28 Å². The highest BCUT2D eigenvalue weighted by Gasteiger charge is 2.09. The van der Waals surface area contributed by atoms with Gasteiger partial charge in [0.05, 0.1) is 0 Å². The van der Waals surface area contributed by atoms with Crippen LogP contribution in [0.3, 0.4) is 0 Å². The number of nitrogens with zero attached hydrogens (tertiary/aromatic N) is 2. The van der Waals surface area contributed by atoms with Crippen LogP contribution < -0.4 is 10.5 Å². The van der Waals surface area contributed by atoms with Gasteiger partial charge in [-0.1, -0.05) is 18.7 Å². The molecule has 2 aromatic rings. The fourth-order valence-corrected chi connectivity index (χ4v) is 1.86. The lowest BCUT2D eigenvalue weighted by Crippen LogP contribution is -1.98. The molecule has 0 amide bonds. The van der Waals surface area contributed by atoms with Crippen LogP contribution in [0.5, 0.6) is 5.75 Å². The van der Waals surface area contributed by atoms with Crippen molar-refractivity contribution in [2.45, 2.75) is 6.92 Å². The highest BCUT2D eigenvalue weighted by atomic mass is 35.5. The predicted octanol–water partition coefficient (Wildman–Crippen LogP) is 3.25. The Hall–Kier alpha value is -2.07. The summed E-state index contributed by atoms with van der Waals surface area (Å²) < 4.78 is 5.51. The lowest BCUT2D eigenvalue weighted by atomic mass is 10.0. The summed E-state index contributed by atoms with van der Waals surface area (Å²) in [7, 11) is 0. The fourth-order valence-electron chi connectivity index (χ4n) is 1.72. The molecular weight excluding hydrogens is 262 g/mol. The standard InChI is InChI=1S/C14H14ClN3O/c1-3-6-19-10-5-4-9(2)11(7-10)12-8-17-14(15)18-13(12)16/h3-5,7-8H,1,6H2,2H3,(H2,16,17,18). The molecule has 0 spiro atoms. The molecule has 1 aromatic carbocycles. The minimum Gasteiger partial charge on any atom is -0.490 e. The van der Waals surface area contributed by atoms with E-state index in [-0.39, 0.29) is 5.28 Å². The molecule has 0 atom stereocenters. The molecule has 0 fully saturated rings. The van der Waals surface area contributed by atoms with E-state index >= 15 is 0 Å². The zero-order chi connectivity index (χ0) is 13.8. The molecule has 98 valence electrons. The van der Waals surface area contributed by atoms with E-state index in [2.05, 4.69) is 16.5 Å². The summed E-state index contributed by atoms with van der Waals surface area (Å²) in [6.07, 6.45) is 3.31. The van der Waals surface area contributed by atoms with Crippen molar-refractivity contribution in [3.63, 3.8) is 0 Å². The van der Waals surface area contributed by atoms with Crippen LogP contribution in [0.1, 0.15) is 5.56 Å². The maximum absolute atomic E-state index is 5.88. The Morgan fingerprint density at radius 2 is 2.21 bits per heavy atom. The molecule has 0 unspecified atom stereocenters. The van der Waals surface area contributed by atoms with Crippen LogP contribution in [0.25, 0.3) is 11.1 Å². The maximum atomic E-state index is 5.88. The molecular formula is C14H14ClN3O. The second-order valence-electron chi connectivity index (χ2n) is 4.01. The number of benzene rings is 1. The smallest absolute Gasteiger partial charge is 0.224 e. The molecule has 1 aromatic heterocycles. The number of hydrogen-bond acceptors (Lipinski definition) is 4. The summed E-state index contributed by atoms with van der Waals surface area (Å²) >= 11 is 5.71. The molecule has 0 radical (unpaired) electrons. The molecule has 2 rings (SSSR count). The predicted molar refractivity (Wildman–Crippen MR) is 77.3 cm³/mol. The maximum Gasteiger partial charge on any atom is 0.224 e. The first kappa shape index (κ1) is 13.4. The van der Waals surface area contributed by atoms with Gasteiger partial charge in [-0.2, -0.15) is 0 Å². The Labute approximate surface area is 116 Å². The van der Waals surface area contributed by atoms with Gasteiger partial charge >= 0.3 is 0 Å². The molecule has 0 saturated carbocycles. The van der Waals surface area contributed by atoms with E-state index in [1.165, 1.54) is 0 Å². The first-order valence-electron chi connectivity index (χ1n) is 5.74. The summed E-state index contributed by atoms with van der Waals surface area (Å²) in [5, 5.41) is 0.137. The zero-order valence-corrected chi connectivity index (χ0v) is 11.3. The summed E-state index contributed by atoms with van der Waals surface area (Å²) in [4.78, 5) is 7.92. The van der Waals surface area contributed by atoms with Crippen LogP contribution >= 0.6 is 11.6 Å². The third-order valence-corrected chi connectivity index (χ3v) is 2.84. The summed E-state index contributed by atoms with van der Waals surface area (Å²) in [5.74, 6) is 1.10. The van der Waals surface area contributed by atoms with Gasteiger partial charge in [0.1, 0.15) is 18.2 Å². The first-order chi connectivity index (χ1) is 9.11. The number of aromatic nitrogens is 2. The number of nitrogen functional groups attached to an aromatic ring is 1. The molecule has 0 aliphatic heterocycles. The Morgan fingerprint density at radius 3 is 2.89 bits per heavy atom. The van der Waals surface area contributed by atoms with Gasteiger partial charge in [-0.05, 0) is 41.8 Å². The highest BCUT2D eigenvalue weighted by molar-refractivity contribution is 6.28. The van der Waals surface area contributed by atoms with E-state index in [1.807, 2.05) is 25.1 Å². The highest BCUT2D eigenvalue weighted by Crippen LogP contribution is 2.30. The largest absolute Gasteiger partial charge is 0.490 e. The van der Waals surface area contributed by atoms with Gasteiger partial charge in [-0.15, -0.1) is 0 Å². The molecule has 5 heteroatoms. The second-order valence-corrected chi connectivity index (χ2v) is 4.35. The molecule has 0 bridgehead atoms. The molecule has 1 heterocycles. The van der Waals surface area contributed by atoms with Crippen molar-refractivity contribution in [1.82, 2.24) is 9.97 Å². The van der Waals surface area contributed by atoms with Gasteiger partial charge in [-0.25, -0.2) is 9.97 Å². The minimum atomic E-state index is 0.137. The van der Waals surface area contributed by atoms with Crippen molar-refractivity contribution in [1.29, 1.82) is 0 Å². The molecule has 0 aliphatic rings. The van der Waals surface area contributed by atoms with Crippen molar-refractivity contribution >= 4 is 17.4 Å². The van der Waals surface area contributed by atoms with Gasteiger partial charge in [-0.3, -0.25) is 0 Å². The van der Waals surface area contributed by atoms with Crippen molar-refractivity contribution in [3.05, 3.63) is 47.9 Å². The Bertz CT molecular complexity index is 614. The number of aryl methyl sites for hydroxylation is 1. The number of ether oxygens (including phenoxy) is 1. The van der Waals surface area contributed by atoms with Gasteiger partial charge in [0, 0.05) is 11.8 Å². The Balaban J connectivity index is 2.45. The van der Waals surface area contributed by atoms with E-state index in [0.717, 1.165) is 22.4 Å². The van der Waals surface area contributed by atoms with Gasteiger partial charge in [0.25, 0.3) is 0 Å². The van der Waals surface area contributed by atoms with E-state index in [1.54, 1.807) is 12.3 Å².